The number of amides is 1. The van der Waals surface area contributed by atoms with Gasteiger partial charge in [0.1, 0.15) is 0 Å². The van der Waals surface area contributed by atoms with E-state index in [1.807, 2.05) is 45.0 Å². The summed E-state index contributed by atoms with van der Waals surface area (Å²) >= 11 is 3.35. The van der Waals surface area contributed by atoms with Gasteiger partial charge in [0, 0.05) is 22.6 Å². The molecule has 1 N–H and O–H groups in total. The van der Waals surface area contributed by atoms with Crippen LogP contribution in [0, 0.1) is 0 Å². The van der Waals surface area contributed by atoms with Gasteiger partial charge in [-0.3, -0.25) is 9.59 Å². The van der Waals surface area contributed by atoms with Crippen LogP contribution in [0.2, 0.25) is 0 Å². The quantitative estimate of drug-likeness (QED) is 0.823. The van der Waals surface area contributed by atoms with Gasteiger partial charge in [-0.1, -0.05) is 28.1 Å². The van der Waals surface area contributed by atoms with Crippen LogP contribution in [-0.4, -0.2) is 34.0 Å². The number of carboxylic acid groups (broad SMARTS) is 1. The Morgan fingerprint density at radius 1 is 1.24 bits per heavy atom. The first-order chi connectivity index (χ1) is 9.70. The highest BCUT2D eigenvalue weighted by Gasteiger charge is 2.25. The molecule has 1 aromatic carbocycles. The molecule has 0 fully saturated rings. The molecule has 0 heterocycles. The molecule has 0 aromatic heterocycles. The molecule has 0 spiro atoms. The minimum absolute atomic E-state index is 0.0604. The average Bonchev–Trinajstić information content (AvgIpc) is 2.36. The first kappa shape index (κ1) is 17.4. The number of carbonyl (C=O) groups is 2. The second-order valence-corrected chi connectivity index (χ2v) is 6.60. The molecule has 0 saturated heterocycles. The van der Waals surface area contributed by atoms with Gasteiger partial charge in [-0.25, -0.2) is 0 Å². The number of carbonyl (C=O) groups excluding carboxylic acids is 1. The normalized spacial score (nSPS) is 11.6. The Morgan fingerprint density at radius 3 is 2.29 bits per heavy atom. The third-order valence-electron chi connectivity index (χ3n) is 2.91. The van der Waals surface area contributed by atoms with Crippen molar-refractivity contribution >= 4 is 33.9 Å². The first-order valence-corrected chi connectivity index (χ1v) is 7.46. The van der Waals surface area contributed by atoms with E-state index in [4.69, 9.17) is 5.11 Å². The summed E-state index contributed by atoms with van der Waals surface area (Å²) < 4.78 is 0.976. The Kier molecular flexibility index (Phi) is 6.15. The van der Waals surface area contributed by atoms with Crippen LogP contribution in [0.1, 0.15) is 32.8 Å². The summed E-state index contributed by atoms with van der Waals surface area (Å²) in [7, 11) is 0. The van der Waals surface area contributed by atoms with Crippen molar-refractivity contribution in [1.29, 1.82) is 0 Å². The second kappa shape index (κ2) is 7.41. The SMILES string of the molecule is CC(C)(C)N(CCC(=O)O)C(=O)/C=C/c1ccc(Br)cc1. The summed E-state index contributed by atoms with van der Waals surface area (Å²) in [5.74, 6) is -1.10. The van der Waals surface area contributed by atoms with Crippen molar-refractivity contribution in [2.45, 2.75) is 32.7 Å². The Hall–Kier alpha value is -1.62. The second-order valence-electron chi connectivity index (χ2n) is 5.69. The lowest BCUT2D eigenvalue weighted by atomic mass is 10.1. The van der Waals surface area contributed by atoms with Crippen LogP contribution < -0.4 is 0 Å². The van der Waals surface area contributed by atoms with Gasteiger partial charge in [0.15, 0.2) is 0 Å². The van der Waals surface area contributed by atoms with E-state index in [1.165, 1.54) is 6.08 Å². The van der Waals surface area contributed by atoms with Crippen LogP contribution in [0.25, 0.3) is 6.08 Å². The van der Waals surface area contributed by atoms with E-state index in [2.05, 4.69) is 15.9 Å². The summed E-state index contributed by atoms with van der Waals surface area (Å²) in [5.41, 5.74) is 0.495. The zero-order valence-corrected chi connectivity index (χ0v) is 14.1. The van der Waals surface area contributed by atoms with Crippen LogP contribution in [0.5, 0.6) is 0 Å². The van der Waals surface area contributed by atoms with Gasteiger partial charge in [0.25, 0.3) is 0 Å². The predicted molar refractivity (Wildman–Crippen MR) is 86.9 cm³/mol. The van der Waals surface area contributed by atoms with Gasteiger partial charge in [0.05, 0.1) is 6.42 Å². The highest BCUT2D eigenvalue weighted by molar-refractivity contribution is 9.10. The smallest absolute Gasteiger partial charge is 0.305 e. The lowest BCUT2D eigenvalue weighted by Crippen LogP contribution is -2.45. The van der Waals surface area contributed by atoms with E-state index in [9.17, 15) is 9.59 Å². The fraction of sp³-hybridized carbons (Fsp3) is 0.375. The molecule has 5 heteroatoms. The fourth-order valence-electron chi connectivity index (χ4n) is 1.82. The standard InChI is InChI=1S/C16H20BrNO3/c1-16(2,3)18(11-10-15(20)21)14(19)9-6-12-4-7-13(17)8-5-12/h4-9H,10-11H2,1-3H3,(H,20,21)/b9-6+. The average molecular weight is 354 g/mol. The van der Waals surface area contributed by atoms with E-state index >= 15 is 0 Å². The summed E-state index contributed by atoms with van der Waals surface area (Å²) in [6, 6.07) is 7.59. The number of hydrogen-bond acceptors (Lipinski definition) is 2. The van der Waals surface area contributed by atoms with E-state index in [0.29, 0.717) is 0 Å². The largest absolute Gasteiger partial charge is 0.481 e. The van der Waals surface area contributed by atoms with Crippen molar-refractivity contribution in [2.75, 3.05) is 6.54 Å². The van der Waals surface area contributed by atoms with Crippen LogP contribution in [0.3, 0.4) is 0 Å². The summed E-state index contributed by atoms with van der Waals surface area (Å²) in [5, 5.41) is 8.78. The van der Waals surface area contributed by atoms with E-state index in [1.54, 1.807) is 11.0 Å². The Balaban J connectivity index is 2.80. The zero-order chi connectivity index (χ0) is 16.0. The lowest BCUT2D eigenvalue weighted by molar-refractivity contribution is -0.139. The molecule has 0 radical (unpaired) electrons. The summed E-state index contributed by atoms with van der Waals surface area (Å²) in [4.78, 5) is 24.5. The van der Waals surface area contributed by atoms with Gasteiger partial charge in [0.2, 0.25) is 5.91 Å². The van der Waals surface area contributed by atoms with Crippen LogP contribution >= 0.6 is 15.9 Å². The Bertz CT molecular complexity index is 529. The number of aliphatic carboxylic acids is 1. The zero-order valence-electron chi connectivity index (χ0n) is 12.5. The summed E-state index contributed by atoms with van der Waals surface area (Å²) in [6.07, 6.45) is 3.15. The molecule has 1 aromatic rings. The molecule has 21 heavy (non-hydrogen) atoms. The Labute approximate surface area is 133 Å². The highest BCUT2D eigenvalue weighted by atomic mass is 79.9. The maximum atomic E-state index is 12.3. The van der Waals surface area contributed by atoms with Gasteiger partial charge in [-0.2, -0.15) is 0 Å². The number of halogens is 1. The topological polar surface area (TPSA) is 57.6 Å². The molecule has 0 atom stereocenters. The lowest BCUT2D eigenvalue weighted by Gasteiger charge is -2.34. The third kappa shape index (κ3) is 6.12. The molecule has 114 valence electrons. The third-order valence-corrected chi connectivity index (χ3v) is 3.44. The molecule has 0 bridgehead atoms. The van der Waals surface area contributed by atoms with E-state index < -0.39 is 11.5 Å². The minimum atomic E-state index is -0.908. The molecular weight excluding hydrogens is 334 g/mol. The number of carboxylic acids is 1. The predicted octanol–water partition coefficient (Wildman–Crippen LogP) is 3.56. The number of hydrogen-bond donors (Lipinski definition) is 1. The van der Waals surface area contributed by atoms with Crippen molar-refractivity contribution in [1.82, 2.24) is 4.90 Å². The highest BCUT2D eigenvalue weighted by Crippen LogP contribution is 2.16. The van der Waals surface area contributed by atoms with E-state index in [-0.39, 0.29) is 18.9 Å². The van der Waals surface area contributed by atoms with Crippen molar-refractivity contribution < 1.29 is 14.7 Å². The van der Waals surface area contributed by atoms with Crippen molar-refractivity contribution in [3.63, 3.8) is 0 Å². The molecule has 0 aliphatic heterocycles. The first-order valence-electron chi connectivity index (χ1n) is 6.67. The number of nitrogens with zero attached hydrogens (tertiary/aromatic N) is 1. The van der Waals surface area contributed by atoms with Gasteiger partial charge >= 0.3 is 5.97 Å². The molecule has 0 saturated carbocycles. The van der Waals surface area contributed by atoms with Gasteiger partial charge in [-0.05, 0) is 44.5 Å². The molecule has 0 unspecified atom stereocenters. The molecule has 1 amide bonds. The number of benzene rings is 1. The maximum Gasteiger partial charge on any atom is 0.305 e. The minimum Gasteiger partial charge on any atom is -0.481 e. The maximum absolute atomic E-state index is 12.3. The van der Waals surface area contributed by atoms with Crippen LogP contribution in [0.15, 0.2) is 34.8 Å². The fourth-order valence-corrected chi connectivity index (χ4v) is 2.08. The van der Waals surface area contributed by atoms with Crippen molar-refractivity contribution in [2.24, 2.45) is 0 Å². The molecule has 0 aliphatic carbocycles. The monoisotopic (exact) mass is 353 g/mol. The summed E-state index contributed by atoms with van der Waals surface area (Å²) in [6.45, 7) is 5.86. The number of rotatable bonds is 5. The Morgan fingerprint density at radius 2 is 1.81 bits per heavy atom. The van der Waals surface area contributed by atoms with Crippen LogP contribution in [-0.2, 0) is 9.59 Å². The van der Waals surface area contributed by atoms with Gasteiger partial charge < -0.3 is 10.0 Å². The molecule has 1 rings (SSSR count). The van der Waals surface area contributed by atoms with Crippen molar-refractivity contribution in [3.8, 4) is 0 Å². The molecular formula is C16H20BrNO3. The molecule has 4 nitrogen and oxygen atoms in total. The van der Waals surface area contributed by atoms with Crippen molar-refractivity contribution in [3.05, 3.63) is 40.4 Å². The van der Waals surface area contributed by atoms with Crippen LogP contribution in [0.4, 0.5) is 0 Å². The van der Waals surface area contributed by atoms with E-state index in [0.717, 1.165) is 10.0 Å². The van der Waals surface area contributed by atoms with Gasteiger partial charge in [-0.15, -0.1) is 0 Å². The molecule has 0 aliphatic rings.